The van der Waals surface area contributed by atoms with Crippen molar-refractivity contribution >= 4 is 17.0 Å². The maximum absolute atomic E-state index is 11.2. The van der Waals surface area contributed by atoms with E-state index in [9.17, 15) is 9.90 Å². The lowest BCUT2D eigenvalue weighted by Gasteiger charge is -2.07. The Morgan fingerprint density at radius 2 is 2.00 bits per heavy atom. The van der Waals surface area contributed by atoms with E-state index in [-0.39, 0.29) is 13.3 Å². The van der Waals surface area contributed by atoms with Gasteiger partial charge in [-0.05, 0) is 30.3 Å². The summed E-state index contributed by atoms with van der Waals surface area (Å²) >= 11 is 0. The van der Waals surface area contributed by atoms with Crippen LogP contribution in [0.15, 0.2) is 42.5 Å². The first kappa shape index (κ1) is 12.7. The van der Waals surface area contributed by atoms with Crippen LogP contribution in [0.4, 0.5) is 0 Å². The normalized spacial score (nSPS) is 12.7. The lowest BCUT2D eigenvalue weighted by atomic mass is 10.2. The van der Waals surface area contributed by atoms with Crippen molar-refractivity contribution in [3.8, 4) is 22.9 Å². The largest absolute Gasteiger partial charge is 0.480 e. The molecule has 6 nitrogen and oxygen atoms in total. The van der Waals surface area contributed by atoms with Crippen molar-refractivity contribution in [2.45, 2.75) is 6.54 Å². The van der Waals surface area contributed by atoms with E-state index in [1.54, 1.807) is 4.57 Å². The number of nitrogens with zero attached hydrogens (tertiary/aromatic N) is 2. The van der Waals surface area contributed by atoms with Crippen molar-refractivity contribution < 1.29 is 19.4 Å². The summed E-state index contributed by atoms with van der Waals surface area (Å²) in [7, 11) is 0. The highest BCUT2D eigenvalue weighted by Gasteiger charge is 2.18. The molecule has 0 aliphatic carbocycles. The number of carboxylic acid groups (broad SMARTS) is 1. The van der Waals surface area contributed by atoms with Crippen LogP contribution in [0.3, 0.4) is 0 Å². The molecule has 4 rings (SSSR count). The summed E-state index contributed by atoms with van der Waals surface area (Å²) in [5.41, 5.74) is 2.34. The van der Waals surface area contributed by atoms with Crippen LogP contribution in [0.5, 0.6) is 11.5 Å². The number of hydrogen-bond donors (Lipinski definition) is 1. The van der Waals surface area contributed by atoms with Crippen molar-refractivity contribution in [1.82, 2.24) is 9.55 Å². The molecule has 1 aliphatic heterocycles. The standard InChI is InChI=1S/C16H12N2O4/c19-15(20)8-18-12-4-2-1-3-11(12)17-16(18)10-5-6-13-14(7-10)22-9-21-13/h1-7H,8-9H2,(H,19,20). The Morgan fingerprint density at radius 1 is 1.18 bits per heavy atom. The molecule has 1 N–H and O–H groups in total. The van der Waals surface area contributed by atoms with E-state index in [1.165, 1.54) is 0 Å². The second-order valence-corrected chi connectivity index (χ2v) is 4.97. The second kappa shape index (κ2) is 4.77. The van der Waals surface area contributed by atoms with Gasteiger partial charge in [0.25, 0.3) is 0 Å². The van der Waals surface area contributed by atoms with Crippen LogP contribution >= 0.6 is 0 Å². The molecule has 0 spiro atoms. The lowest BCUT2D eigenvalue weighted by molar-refractivity contribution is -0.137. The lowest BCUT2D eigenvalue weighted by Crippen LogP contribution is -2.09. The van der Waals surface area contributed by atoms with Crippen molar-refractivity contribution in [2.75, 3.05) is 6.79 Å². The van der Waals surface area contributed by atoms with Gasteiger partial charge in [0.15, 0.2) is 11.5 Å². The van der Waals surface area contributed by atoms with Gasteiger partial charge < -0.3 is 19.1 Å². The maximum Gasteiger partial charge on any atom is 0.323 e. The molecule has 22 heavy (non-hydrogen) atoms. The SMILES string of the molecule is O=C(O)Cn1c(-c2ccc3c(c2)OCO3)nc2ccccc21. The summed E-state index contributed by atoms with van der Waals surface area (Å²) in [6.07, 6.45) is 0. The van der Waals surface area contributed by atoms with E-state index in [4.69, 9.17) is 9.47 Å². The zero-order chi connectivity index (χ0) is 15.1. The molecule has 2 aromatic carbocycles. The molecule has 0 saturated heterocycles. The topological polar surface area (TPSA) is 73.6 Å². The van der Waals surface area contributed by atoms with Gasteiger partial charge in [-0.25, -0.2) is 4.98 Å². The van der Waals surface area contributed by atoms with Gasteiger partial charge in [0.05, 0.1) is 11.0 Å². The summed E-state index contributed by atoms with van der Waals surface area (Å²) in [5.74, 6) is 1.02. The Hall–Kier alpha value is -3.02. The predicted octanol–water partition coefficient (Wildman–Crippen LogP) is 2.52. The summed E-state index contributed by atoms with van der Waals surface area (Å²) in [4.78, 5) is 15.8. The van der Waals surface area contributed by atoms with Crippen molar-refractivity contribution in [3.05, 3.63) is 42.5 Å². The van der Waals surface area contributed by atoms with Gasteiger partial charge in [0.2, 0.25) is 6.79 Å². The molecular formula is C16H12N2O4. The average Bonchev–Trinajstić information content (AvgIpc) is 3.11. The minimum Gasteiger partial charge on any atom is -0.480 e. The third kappa shape index (κ3) is 1.96. The first-order valence-corrected chi connectivity index (χ1v) is 6.79. The maximum atomic E-state index is 11.2. The number of benzene rings is 2. The summed E-state index contributed by atoms with van der Waals surface area (Å²) < 4.78 is 12.4. The molecule has 0 radical (unpaired) electrons. The molecule has 110 valence electrons. The van der Waals surface area contributed by atoms with Crippen LogP contribution in [-0.2, 0) is 11.3 Å². The molecule has 0 bridgehead atoms. The van der Waals surface area contributed by atoms with Gasteiger partial charge in [-0.1, -0.05) is 12.1 Å². The fourth-order valence-electron chi connectivity index (χ4n) is 2.63. The van der Waals surface area contributed by atoms with E-state index in [0.29, 0.717) is 17.3 Å². The van der Waals surface area contributed by atoms with E-state index >= 15 is 0 Å². The zero-order valence-electron chi connectivity index (χ0n) is 11.5. The Bertz CT molecular complexity index is 885. The van der Waals surface area contributed by atoms with Crippen molar-refractivity contribution in [3.63, 3.8) is 0 Å². The first-order chi connectivity index (χ1) is 10.7. The molecule has 2 heterocycles. The van der Waals surface area contributed by atoms with Crippen LogP contribution in [0.1, 0.15) is 0 Å². The number of fused-ring (bicyclic) bond motifs is 2. The third-order valence-corrected chi connectivity index (χ3v) is 3.58. The number of carbonyl (C=O) groups is 1. The highest BCUT2D eigenvalue weighted by Crippen LogP contribution is 2.36. The molecule has 0 fully saturated rings. The summed E-state index contributed by atoms with van der Waals surface area (Å²) in [6.45, 7) is 0.0502. The summed E-state index contributed by atoms with van der Waals surface area (Å²) in [5, 5.41) is 9.18. The number of hydrogen-bond acceptors (Lipinski definition) is 4. The monoisotopic (exact) mass is 296 g/mol. The molecule has 0 unspecified atom stereocenters. The molecule has 0 saturated carbocycles. The summed E-state index contributed by atoms with van der Waals surface area (Å²) in [6, 6.07) is 13.0. The quantitative estimate of drug-likeness (QED) is 0.804. The van der Waals surface area contributed by atoms with Crippen LogP contribution in [0, 0.1) is 0 Å². The van der Waals surface area contributed by atoms with E-state index in [2.05, 4.69) is 4.98 Å². The fraction of sp³-hybridized carbons (Fsp3) is 0.125. The Balaban J connectivity index is 1.92. The van der Waals surface area contributed by atoms with Crippen LogP contribution in [0.2, 0.25) is 0 Å². The minimum absolute atomic E-state index is 0.149. The Kier molecular flexibility index (Phi) is 2.75. The molecule has 1 aliphatic rings. The van der Waals surface area contributed by atoms with Gasteiger partial charge in [-0.3, -0.25) is 4.79 Å². The van der Waals surface area contributed by atoms with Gasteiger partial charge >= 0.3 is 5.97 Å². The molecule has 0 atom stereocenters. The minimum atomic E-state index is -0.912. The highest BCUT2D eigenvalue weighted by molar-refractivity contribution is 5.83. The fourth-order valence-corrected chi connectivity index (χ4v) is 2.63. The number of imidazole rings is 1. The third-order valence-electron chi connectivity index (χ3n) is 3.58. The van der Waals surface area contributed by atoms with Gasteiger partial charge in [0.1, 0.15) is 12.4 Å². The highest BCUT2D eigenvalue weighted by atomic mass is 16.7. The van der Waals surface area contributed by atoms with E-state index in [0.717, 1.165) is 16.6 Å². The first-order valence-electron chi connectivity index (χ1n) is 6.79. The molecule has 1 aromatic heterocycles. The van der Waals surface area contributed by atoms with Gasteiger partial charge in [-0.15, -0.1) is 0 Å². The smallest absolute Gasteiger partial charge is 0.323 e. The number of aliphatic carboxylic acids is 1. The predicted molar refractivity (Wildman–Crippen MR) is 78.9 cm³/mol. The van der Waals surface area contributed by atoms with Crippen LogP contribution in [0.25, 0.3) is 22.4 Å². The number of ether oxygens (including phenoxy) is 2. The molecule has 6 heteroatoms. The number of aromatic nitrogens is 2. The average molecular weight is 296 g/mol. The van der Waals surface area contributed by atoms with Crippen LogP contribution < -0.4 is 9.47 Å². The van der Waals surface area contributed by atoms with Gasteiger partial charge in [0, 0.05) is 5.56 Å². The molecule has 3 aromatic rings. The molecule has 0 amide bonds. The molecular weight excluding hydrogens is 284 g/mol. The van der Waals surface area contributed by atoms with E-state index in [1.807, 2.05) is 42.5 Å². The zero-order valence-corrected chi connectivity index (χ0v) is 11.5. The van der Waals surface area contributed by atoms with Gasteiger partial charge in [-0.2, -0.15) is 0 Å². The number of rotatable bonds is 3. The Labute approximate surface area is 125 Å². The number of carboxylic acids is 1. The number of para-hydroxylation sites is 2. The second-order valence-electron chi connectivity index (χ2n) is 4.97. The van der Waals surface area contributed by atoms with Crippen LogP contribution in [-0.4, -0.2) is 27.4 Å². The van der Waals surface area contributed by atoms with E-state index < -0.39 is 5.97 Å². The Morgan fingerprint density at radius 3 is 2.86 bits per heavy atom. The van der Waals surface area contributed by atoms with Crippen molar-refractivity contribution in [2.24, 2.45) is 0 Å². The van der Waals surface area contributed by atoms with Crippen molar-refractivity contribution in [1.29, 1.82) is 0 Å².